The predicted octanol–water partition coefficient (Wildman–Crippen LogP) is 6.39. The van der Waals surface area contributed by atoms with Gasteiger partial charge in [-0.15, -0.1) is 0 Å². The maximum Gasteiger partial charge on any atom is 0.137 e. The van der Waals surface area contributed by atoms with Crippen LogP contribution in [0.15, 0.2) is 78.9 Å². The van der Waals surface area contributed by atoms with E-state index in [1.165, 1.54) is 24.3 Å². The monoisotopic (exact) mass is 500 g/mol. The number of halogens is 2. The van der Waals surface area contributed by atoms with E-state index >= 15 is 0 Å². The molecule has 1 aromatic heterocycles. The van der Waals surface area contributed by atoms with Crippen molar-refractivity contribution in [2.24, 2.45) is 0 Å². The quantitative estimate of drug-likeness (QED) is 0.289. The highest BCUT2D eigenvalue weighted by molar-refractivity contribution is 5.55. The van der Waals surface area contributed by atoms with Gasteiger partial charge in [-0.25, -0.2) is 13.8 Å². The summed E-state index contributed by atoms with van der Waals surface area (Å²) in [5.74, 6) is 0.592. The zero-order valence-corrected chi connectivity index (χ0v) is 21.3. The molecular weight excluding hydrogens is 466 g/mol. The van der Waals surface area contributed by atoms with Crippen molar-refractivity contribution in [3.05, 3.63) is 113 Å². The smallest absolute Gasteiger partial charge is 0.137 e. The Labute approximate surface area is 218 Å². The average molecular weight is 501 g/mol. The second-order valence-corrected chi connectivity index (χ2v) is 9.94. The predicted molar refractivity (Wildman–Crippen MR) is 144 cm³/mol. The van der Waals surface area contributed by atoms with Crippen LogP contribution < -0.4 is 0 Å². The van der Waals surface area contributed by atoms with E-state index in [9.17, 15) is 8.78 Å². The molecule has 3 aromatic carbocycles. The molecule has 5 rings (SSSR count). The first-order valence-electron chi connectivity index (χ1n) is 13.1. The second kappa shape index (κ2) is 11.8. The maximum atomic E-state index is 13.5. The molecule has 0 saturated carbocycles. The Morgan fingerprint density at radius 1 is 0.784 bits per heavy atom. The van der Waals surface area contributed by atoms with Gasteiger partial charge in [0.2, 0.25) is 0 Å². The molecule has 1 fully saturated rings. The van der Waals surface area contributed by atoms with Crippen molar-refractivity contribution < 1.29 is 8.78 Å². The van der Waals surface area contributed by atoms with Crippen molar-refractivity contribution >= 4 is 0 Å². The van der Waals surface area contributed by atoms with Gasteiger partial charge >= 0.3 is 0 Å². The lowest BCUT2D eigenvalue weighted by molar-refractivity contribution is 0.124. The molecule has 0 aliphatic carbocycles. The molecule has 0 atom stereocenters. The van der Waals surface area contributed by atoms with E-state index in [1.807, 2.05) is 42.5 Å². The summed E-state index contributed by atoms with van der Waals surface area (Å²) < 4.78 is 27.0. The third-order valence-electron chi connectivity index (χ3n) is 7.38. The van der Waals surface area contributed by atoms with E-state index in [4.69, 9.17) is 4.98 Å². The van der Waals surface area contributed by atoms with Crippen molar-refractivity contribution in [3.8, 4) is 11.4 Å². The molecule has 0 bridgehead atoms. The first-order valence-corrected chi connectivity index (χ1v) is 13.1. The van der Waals surface area contributed by atoms with Crippen LogP contribution in [-0.4, -0.2) is 52.5 Å². The normalized spacial score (nSPS) is 14.9. The lowest BCUT2D eigenvalue weighted by Crippen LogP contribution is -2.46. The molecule has 37 heavy (non-hydrogen) atoms. The van der Waals surface area contributed by atoms with E-state index in [2.05, 4.69) is 33.8 Å². The van der Waals surface area contributed by atoms with Crippen molar-refractivity contribution in [2.45, 2.75) is 32.2 Å². The number of nitrogens with zero attached hydrogens (tertiary/aromatic N) is 3. The topological polar surface area (TPSA) is 35.2 Å². The Balaban J connectivity index is 1.13. The summed E-state index contributed by atoms with van der Waals surface area (Å²) in [5.41, 5.74) is 5.51. The zero-order chi connectivity index (χ0) is 25.6. The van der Waals surface area contributed by atoms with E-state index in [1.54, 1.807) is 0 Å². The number of hydrogen-bond acceptors (Lipinski definition) is 3. The molecule has 1 aliphatic rings. The SMILES string of the molecule is Cc1[nH]c(-c2ccccc2)nc1CN1CCN(CCCC(c2ccc(F)cc2)c2ccc(F)cc2)CC1. The van der Waals surface area contributed by atoms with Gasteiger partial charge < -0.3 is 9.88 Å². The average Bonchev–Trinajstić information content (AvgIpc) is 3.29. The van der Waals surface area contributed by atoms with Gasteiger partial charge in [-0.2, -0.15) is 0 Å². The third kappa shape index (κ3) is 6.51. The first-order chi connectivity index (χ1) is 18.0. The van der Waals surface area contributed by atoms with E-state index in [0.29, 0.717) is 0 Å². The highest BCUT2D eigenvalue weighted by Crippen LogP contribution is 2.30. The Morgan fingerprint density at radius 3 is 1.95 bits per heavy atom. The van der Waals surface area contributed by atoms with Crippen molar-refractivity contribution in [3.63, 3.8) is 0 Å². The minimum absolute atomic E-state index is 0.129. The summed E-state index contributed by atoms with van der Waals surface area (Å²) >= 11 is 0. The van der Waals surface area contributed by atoms with Gasteiger partial charge in [-0.3, -0.25) is 4.90 Å². The number of imidazole rings is 1. The lowest BCUT2D eigenvalue weighted by Gasteiger charge is -2.34. The minimum atomic E-state index is -0.235. The fourth-order valence-electron chi connectivity index (χ4n) is 5.20. The van der Waals surface area contributed by atoms with Crippen molar-refractivity contribution in [1.82, 2.24) is 19.8 Å². The van der Waals surface area contributed by atoms with E-state index in [-0.39, 0.29) is 17.6 Å². The van der Waals surface area contributed by atoms with Crippen LogP contribution in [-0.2, 0) is 6.54 Å². The van der Waals surface area contributed by atoms with Crippen LogP contribution >= 0.6 is 0 Å². The van der Waals surface area contributed by atoms with E-state index in [0.717, 1.165) is 86.0 Å². The summed E-state index contributed by atoms with van der Waals surface area (Å²) in [5, 5.41) is 0. The standard InChI is InChI=1S/C31H34F2N4/c1-23-30(35-31(34-23)26-6-3-2-4-7-26)22-37-20-18-36(19-21-37)17-5-8-29(24-9-13-27(32)14-10-24)25-11-15-28(33)16-12-25/h2-4,6-7,9-16,29H,5,8,17-22H2,1H3,(H,34,35). The van der Waals surface area contributed by atoms with Crippen LogP contribution in [0.2, 0.25) is 0 Å². The number of piperazine rings is 1. The number of hydrogen-bond donors (Lipinski definition) is 1. The van der Waals surface area contributed by atoms with E-state index < -0.39 is 0 Å². The molecule has 6 heteroatoms. The molecule has 2 heterocycles. The largest absolute Gasteiger partial charge is 0.342 e. The van der Waals surface area contributed by atoms with Crippen LogP contribution in [0.25, 0.3) is 11.4 Å². The molecular formula is C31H34F2N4. The number of rotatable bonds is 9. The van der Waals surface area contributed by atoms with Crippen LogP contribution in [0.3, 0.4) is 0 Å². The summed E-state index contributed by atoms with van der Waals surface area (Å²) in [6.07, 6.45) is 1.96. The molecule has 1 N–H and O–H groups in total. The van der Waals surface area contributed by atoms with Crippen molar-refractivity contribution in [2.75, 3.05) is 32.7 Å². The number of nitrogens with one attached hydrogen (secondary N) is 1. The van der Waals surface area contributed by atoms with Crippen LogP contribution in [0.1, 0.15) is 41.3 Å². The number of H-pyrrole nitrogens is 1. The summed E-state index contributed by atoms with van der Waals surface area (Å²) in [6, 6.07) is 23.7. The highest BCUT2D eigenvalue weighted by Gasteiger charge is 2.20. The zero-order valence-electron chi connectivity index (χ0n) is 21.3. The Hall–Kier alpha value is -3.35. The van der Waals surface area contributed by atoms with Gasteiger partial charge in [-0.1, -0.05) is 54.6 Å². The first kappa shape index (κ1) is 25.3. The number of aromatic nitrogens is 2. The molecule has 0 radical (unpaired) electrons. The van der Waals surface area contributed by atoms with Crippen LogP contribution in [0, 0.1) is 18.6 Å². The number of benzene rings is 3. The number of aryl methyl sites for hydroxylation is 1. The Kier molecular flexibility index (Phi) is 8.07. The molecule has 1 aliphatic heterocycles. The molecule has 4 nitrogen and oxygen atoms in total. The summed E-state index contributed by atoms with van der Waals surface area (Å²) in [6.45, 7) is 8.09. The fraction of sp³-hybridized carbons (Fsp3) is 0.323. The second-order valence-electron chi connectivity index (χ2n) is 9.94. The highest BCUT2D eigenvalue weighted by atomic mass is 19.1. The molecule has 0 spiro atoms. The molecule has 192 valence electrons. The fourth-order valence-corrected chi connectivity index (χ4v) is 5.20. The summed E-state index contributed by atoms with van der Waals surface area (Å²) in [4.78, 5) is 13.3. The maximum absolute atomic E-state index is 13.5. The van der Waals surface area contributed by atoms with Gasteiger partial charge in [0.05, 0.1) is 5.69 Å². The molecule has 0 unspecified atom stereocenters. The van der Waals surface area contributed by atoms with Crippen molar-refractivity contribution in [1.29, 1.82) is 0 Å². The lowest BCUT2D eigenvalue weighted by atomic mass is 9.87. The van der Waals surface area contributed by atoms with Crippen LogP contribution in [0.5, 0.6) is 0 Å². The molecule has 4 aromatic rings. The van der Waals surface area contributed by atoms with Gasteiger partial charge in [0.1, 0.15) is 17.5 Å². The number of aromatic amines is 1. The minimum Gasteiger partial charge on any atom is -0.342 e. The van der Waals surface area contributed by atoms with Gasteiger partial charge in [0.15, 0.2) is 0 Å². The summed E-state index contributed by atoms with van der Waals surface area (Å²) in [7, 11) is 0. The molecule has 0 amide bonds. The van der Waals surface area contributed by atoms with Gasteiger partial charge in [0.25, 0.3) is 0 Å². The Bertz CT molecular complexity index is 1220. The van der Waals surface area contributed by atoms with Gasteiger partial charge in [0, 0.05) is 49.9 Å². The molecule has 1 saturated heterocycles. The van der Waals surface area contributed by atoms with Gasteiger partial charge in [-0.05, 0) is 61.7 Å². The third-order valence-corrected chi connectivity index (χ3v) is 7.38. The van der Waals surface area contributed by atoms with Crippen LogP contribution in [0.4, 0.5) is 8.78 Å². The Morgan fingerprint density at radius 2 is 1.35 bits per heavy atom.